The first-order chi connectivity index (χ1) is 8.66. The summed E-state index contributed by atoms with van der Waals surface area (Å²) in [6.07, 6.45) is 4.49. The highest BCUT2D eigenvalue weighted by atomic mass is 16.2. The number of amides is 1. The van der Waals surface area contributed by atoms with E-state index >= 15 is 0 Å². The van der Waals surface area contributed by atoms with Gasteiger partial charge < -0.3 is 4.90 Å². The van der Waals surface area contributed by atoms with Gasteiger partial charge in [-0.3, -0.25) is 9.59 Å². The number of likely N-dealkylation sites (tertiary alicyclic amines) is 1. The maximum Gasteiger partial charge on any atom is 0.267 e. The molecule has 0 radical (unpaired) electrons. The van der Waals surface area contributed by atoms with Crippen LogP contribution in [0.3, 0.4) is 0 Å². The van der Waals surface area contributed by atoms with Crippen LogP contribution < -0.4 is 5.56 Å². The second kappa shape index (κ2) is 5.80. The summed E-state index contributed by atoms with van der Waals surface area (Å²) in [6, 6.07) is 3.12. The lowest BCUT2D eigenvalue weighted by Gasteiger charge is -2.20. The van der Waals surface area contributed by atoms with Gasteiger partial charge in [0.15, 0.2) is 0 Å². The Hall–Kier alpha value is -1.65. The van der Waals surface area contributed by atoms with Crippen molar-refractivity contribution >= 4 is 5.91 Å². The van der Waals surface area contributed by atoms with E-state index in [1.807, 2.05) is 11.8 Å². The van der Waals surface area contributed by atoms with E-state index in [-0.39, 0.29) is 18.0 Å². The van der Waals surface area contributed by atoms with Crippen LogP contribution in [0.15, 0.2) is 16.9 Å². The molecule has 18 heavy (non-hydrogen) atoms. The number of aromatic nitrogens is 2. The monoisotopic (exact) mass is 249 g/mol. The van der Waals surface area contributed by atoms with Crippen LogP contribution in [0.1, 0.15) is 31.4 Å². The van der Waals surface area contributed by atoms with Crippen molar-refractivity contribution in [2.24, 2.45) is 0 Å². The normalized spacial score (nSPS) is 16.4. The Balaban J connectivity index is 2.05. The summed E-state index contributed by atoms with van der Waals surface area (Å²) in [5.74, 6) is -0.00269. The molecule has 98 valence electrons. The van der Waals surface area contributed by atoms with Gasteiger partial charge in [-0.2, -0.15) is 5.10 Å². The summed E-state index contributed by atoms with van der Waals surface area (Å²) in [5, 5.41) is 4.09. The Morgan fingerprint density at radius 3 is 2.56 bits per heavy atom. The smallest absolute Gasteiger partial charge is 0.267 e. The number of hydrogen-bond donors (Lipinski definition) is 0. The van der Waals surface area contributed by atoms with Crippen LogP contribution in [0.4, 0.5) is 0 Å². The Bertz CT molecular complexity index is 473. The fraction of sp³-hybridized carbons (Fsp3) is 0.615. The summed E-state index contributed by atoms with van der Waals surface area (Å²) in [4.78, 5) is 25.5. The number of rotatable bonds is 2. The number of nitrogens with zero attached hydrogens (tertiary/aromatic N) is 3. The van der Waals surface area contributed by atoms with Gasteiger partial charge >= 0.3 is 0 Å². The summed E-state index contributed by atoms with van der Waals surface area (Å²) >= 11 is 0. The van der Waals surface area contributed by atoms with Gasteiger partial charge in [-0.05, 0) is 25.8 Å². The zero-order valence-corrected chi connectivity index (χ0v) is 10.8. The maximum atomic E-state index is 12.1. The molecule has 0 aromatic carbocycles. The van der Waals surface area contributed by atoms with Gasteiger partial charge in [0.1, 0.15) is 6.54 Å². The number of aryl methyl sites for hydroxylation is 1. The summed E-state index contributed by atoms with van der Waals surface area (Å²) in [6.45, 7) is 3.48. The van der Waals surface area contributed by atoms with Crippen LogP contribution in [-0.2, 0) is 11.3 Å². The molecule has 0 aliphatic carbocycles. The third-order valence-corrected chi connectivity index (χ3v) is 3.24. The zero-order chi connectivity index (χ0) is 13.0. The summed E-state index contributed by atoms with van der Waals surface area (Å²) in [5.41, 5.74) is 0.530. The Kier molecular flexibility index (Phi) is 4.12. The van der Waals surface area contributed by atoms with Crippen molar-refractivity contribution in [2.75, 3.05) is 13.1 Å². The highest BCUT2D eigenvalue weighted by Crippen LogP contribution is 2.09. The van der Waals surface area contributed by atoms with E-state index < -0.39 is 0 Å². The van der Waals surface area contributed by atoms with Crippen LogP contribution in [0.5, 0.6) is 0 Å². The number of hydrogen-bond acceptors (Lipinski definition) is 3. The van der Waals surface area contributed by atoms with Crippen LogP contribution in [-0.4, -0.2) is 33.7 Å². The molecule has 0 bridgehead atoms. The second-order valence-electron chi connectivity index (χ2n) is 4.77. The third-order valence-electron chi connectivity index (χ3n) is 3.24. The molecule has 0 unspecified atom stereocenters. The van der Waals surface area contributed by atoms with Crippen LogP contribution >= 0.6 is 0 Å². The van der Waals surface area contributed by atoms with Crippen molar-refractivity contribution < 1.29 is 4.79 Å². The maximum absolute atomic E-state index is 12.1. The molecule has 0 atom stereocenters. The second-order valence-corrected chi connectivity index (χ2v) is 4.77. The Morgan fingerprint density at radius 2 is 1.89 bits per heavy atom. The van der Waals surface area contributed by atoms with E-state index in [1.54, 1.807) is 6.07 Å². The fourth-order valence-corrected chi connectivity index (χ4v) is 2.21. The van der Waals surface area contributed by atoms with Crippen molar-refractivity contribution in [2.45, 2.75) is 39.2 Å². The first-order valence-electron chi connectivity index (χ1n) is 6.49. The lowest BCUT2D eigenvalue weighted by atomic mass is 10.2. The van der Waals surface area contributed by atoms with Gasteiger partial charge in [0, 0.05) is 19.2 Å². The van der Waals surface area contributed by atoms with Gasteiger partial charge in [0.2, 0.25) is 5.91 Å². The predicted octanol–water partition coefficient (Wildman–Crippen LogP) is 0.954. The predicted molar refractivity (Wildman–Crippen MR) is 68.3 cm³/mol. The highest BCUT2D eigenvalue weighted by molar-refractivity contribution is 5.75. The van der Waals surface area contributed by atoms with Gasteiger partial charge in [-0.25, -0.2) is 4.68 Å². The highest BCUT2D eigenvalue weighted by Gasteiger charge is 2.16. The van der Waals surface area contributed by atoms with Gasteiger partial charge in [-0.1, -0.05) is 12.8 Å². The molecule has 5 heteroatoms. The first-order valence-corrected chi connectivity index (χ1v) is 6.49. The van der Waals surface area contributed by atoms with E-state index in [9.17, 15) is 9.59 Å². The van der Waals surface area contributed by atoms with E-state index in [2.05, 4.69) is 5.10 Å². The molecular weight excluding hydrogens is 230 g/mol. The van der Waals surface area contributed by atoms with Crippen LogP contribution in [0.2, 0.25) is 0 Å². The molecular formula is C13H19N3O2. The van der Waals surface area contributed by atoms with E-state index in [1.165, 1.54) is 23.6 Å². The Labute approximate surface area is 106 Å². The number of carbonyl (C=O) groups is 1. The molecule has 2 heterocycles. The molecule has 1 aromatic heterocycles. The topological polar surface area (TPSA) is 55.2 Å². The van der Waals surface area contributed by atoms with Crippen LogP contribution in [0, 0.1) is 6.92 Å². The van der Waals surface area contributed by atoms with Gasteiger partial charge in [0.05, 0.1) is 5.69 Å². The van der Waals surface area contributed by atoms with Gasteiger partial charge in [-0.15, -0.1) is 0 Å². The van der Waals surface area contributed by atoms with Crippen molar-refractivity contribution in [3.05, 3.63) is 28.2 Å². The summed E-state index contributed by atoms with van der Waals surface area (Å²) in [7, 11) is 0. The third kappa shape index (κ3) is 3.18. The quantitative estimate of drug-likeness (QED) is 0.784. The lowest BCUT2D eigenvalue weighted by Crippen LogP contribution is -2.37. The molecule has 1 aliphatic rings. The molecule has 0 N–H and O–H groups in total. The molecule has 5 nitrogen and oxygen atoms in total. The summed E-state index contributed by atoms with van der Waals surface area (Å²) < 4.78 is 1.25. The zero-order valence-electron chi connectivity index (χ0n) is 10.8. The van der Waals surface area contributed by atoms with E-state index in [4.69, 9.17) is 0 Å². The lowest BCUT2D eigenvalue weighted by molar-refractivity contribution is -0.132. The van der Waals surface area contributed by atoms with Crippen molar-refractivity contribution in [1.82, 2.24) is 14.7 Å². The van der Waals surface area contributed by atoms with E-state index in [0.717, 1.165) is 31.6 Å². The molecule has 0 saturated carbocycles. The van der Waals surface area contributed by atoms with Crippen molar-refractivity contribution in [3.63, 3.8) is 0 Å². The average Bonchev–Trinajstić information content (AvgIpc) is 2.62. The SMILES string of the molecule is Cc1ccc(=O)n(CC(=O)N2CCCCCC2)n1. The molecule has 1 amide bonds. The largest absolute Gasteiger partial charge is 0.341 e. The van der Waals surface area contributed by atoms with Crippen molar-refractivity contribution in [1.29, 1.82) is 0 Å². The standard InChI is InChI=1S/C13H19N3O2/c1-11-6-7-12(17)16(14-11)10-13(18)15-8-4-2-3-5-9-15/h6-7H,2-5,8-10H2,1H3. The fourth-order valence-electron chi connectivity index (χ4n) is 2.21. The van der Waals surface area contributed by atoms with Gasteiger partial charge in [0.25, 0.3) is 5.56 Å². The minimum atomic E-state index is -0.219. The van der Waals surface area contributed by atoms with Crippen molar-refractivity contribution in [3.8, 4) is 0 Å². The van der Waals surface area contributed by atoms with Crippen LogP contribution in [0.25, 0.3) is 0 Å². The first kappa shape index (κ1) is 12.8. The minimum Gasteiger partial charge on any atom is -0.341 e. The minimum absolute atomic E-state index is 0.00269. The van der Waals surface area contributed by atoms with E-state index in [0.29, 0.717) is 0 Å². The Morgan fingerprint density at radius 1 is 1.22 bits per heavy atom. The molecule has 1 saturated heterocycles. The molecule has 1 fully saturated rings. The molecule has 2 rings (SSSR count). The number of carbonyl (C=O) groups excluding carboxylic acids is 1. The molecule has 1 aliphatic heterocycles. The average molecular weight is 249 g/mol. The molecule has 1 aromatic rings. The molecule has 0 spiro atoms.